The van der Waals surface area contributed by atoms with Crippen LogP contribution in [0.15, 0.2) is 117 Å². The number of hydrogen-bond donors (Lipinski definition) is 3. The fourth-order valence-corrected chi connectivity index (χ4v) is 8.48. The van der Waals surface area contributed by atoms with Crippen molar-refractivity contribution in [3.8, 4) is 28.1 Å². The second-order valence-corrected chi connectivity index (χ2v) is 15.8. The Morgan fingerprint density at radius 2 is 1.36 bits per heavy atom. The number of rotatable bonds is 10. The smallest absolute Gasteiger partial charge is 0.262 e. The molecule has 3 aromatic carbocycles. The zero-order valence-corrected chi connectivity index (χ0v) is 34.4. The highest BCUT2D eigenvalue weighted by Crippen LogP contribution is 2.28. The number of hydrogen-bond acceptors (Lipinski definition) is 11. The molecule has 6 heterocycles. The van der Waals surface area contributed by atoms with E-state index in [1.165, 1.54) is 20.5 Å². The number of pyridine rings is 2. The highest BCUT2D eigenvalue weighted by Gasteiger charge is 2.16. The third-order valence-electron chi connectivity index (χ3n) is 10.1. The second-order valence-electron chi connectivity index (χ2n) is 13.7. The van der Waals surface area contributed by atoms with Crippen molar-refractivity contribution in [3.63, 3.8) is 0 Å². The maximum Gasteiger partial charge on any atom is 0.262 e. The van der Waals surface area contributed by atoms with Crippen molar-refractivity contribution in [2.75, 3.05) is 7.11 Å². The van der Waals surface area contributed by atoms with Gasteiger partial charge in [0.1, 0.15) is 16.5 Å². The van der Waals surface area contributed by atoms with Crippen LogP contribution < -0.4 is 21.4 Å². The molecular weight excluding hydrogens is 823 g/mol. The molecule has 0 saturated heterocycles. The average molecular weight is 854 g/mol. The molecule has 292 valence electrons. The van der Waals surface area contributed by atoms with Crippen LogP contribution in [0.3, 0.4) is 0 Å². The molecule has 59 heavy (non-hydrogen) atoms. The van der Waals surface area contributed by atoms with E-state index in [1.807, 2.05) is 72.1 Å². The lowest BCUT2D eigenvalue weighted by Gasteiger charge is -2.13. The number of benzene rings is 3. The topological polar surface area (TPSA) is 161 Å². The number of fused-ring (bicyclic) bond motifs is 3. The van der Waals surface area contributed by atoms with Gasteiger partial charge in [0.2, 0.25) is 0 Å². The van der Waals surface area contributed by atoms with E-state index in [4.69, 9.17) is 51.4 Å². The summed E-state index contributed by atoms with van der Waals surface area (Å²) < 4.78 is 11.2. The van der Waals surface area contributed by atoms with E-state index < -0.39 is 0 Å². The lowest BCUT2D eigenvalue weighted by atomic mass is 10.0. The molecule has 0 saturated carbocycles. The van der Waals surface area contributed by atoms with Crippen LogP contribution in [0, 0.1) is 14.3 Å². The van der Waals surface area contributed by atoms with Crippen LogP contribution in [0.25, 0.3) is 55.1 Å². The number of aromatic nitrogens is 9. The van der Waals surface area contributed by atoms with E-state index in [0.29, 0.717) is 72.4 Å². The van der Waals surface area contributed by atoms with Crippen LogP contribution in [-0.2, 0) is 26.1 Å². The third kappa shape index (κ3) is 7.29. The van der Waals surface area contributed by atoms with Crippen LogP contribution in [0.5, 0.6) is 5.75 Å². The number of nitrogens with one attached hydrogen (secondary N) is 3. The van der Waals surface area contributed by atoms with Gasteiger partial charge in [-0.15, -0.1) is 11.3 Å². The van der Waals surface area contributed by atoms with E-state index >= 15 is 0 Å². The molecule has 13 nitrogen and oxygen atoms in total. The van der Waals surface area contributed by atoms with Gasteiger partial charge < -0.3 is 19.7 Å². The van der Waals surface area contributed by atoms with Gasteiger partial charge in [-0.25, -0.2) is 4.98 Å². The monoisotopic (exact) mass is 853 g/mol. The molecule has 0 radical (unpaired) electrons. The van der Waals surface area contributed by atoms with Gasteiger partial charge in [-0.05, 0) is 96.8 Å². The van der Waals surface area contributed by atoms with Gasteiger partial charge in [-0.1, -0.05) is 30.3 Å². The predicted molar refractivity (Wildman–Crippen MR) is 237 cm³/mol. The summed E-state index contributed by atoms with van der Waals surface area (Å²) in [6.45, 7) is 0.684. The fraction of sp³-hybridized carbons (Fsp3) is 0.119. The zero-order valence-electron chi connectivity index (χ0n) is 31.1. The molecule has 0 amide bonds. The Labute approximate surface area is 353 Å². The molecule has 0 atom stereocenters. The van der Waals surface area contributed by atoms with Crippen molar-refractivity contribution >= 4 is 80.7 Å². The van der Waals surface area contributed by atoms with E-state index in [2.05, 4.69) is 19.9 Å². The number of thiazole rings is 1. The summed E-state index contributed by atoms with van der Waals surface area (Å²) in [6, 6.07) is 25.7. The number of H-pyrrole nitrogens is 3. The third-order valence-corrected chi connectivity index (χ3v) is 11.8. The SMILES string of the molecule is COc1cc(-c2ccc3c(=O)n(Cc4nccs4)c(=S)[nH]c3c2)cnc1Cn1c(=S)[nH]c2ccc(-c3cccc(CCn4c(=S)[nH]c5ccccc5c4=O)n3)cc2c1=O. The van der Waals surface area contributed by atoms with Gasteiger partial charge in [0, 0.05) is 47.6 Å². The van der Waals surface area contributed by atoms with Crippen LogP contribution in [0.4, 0.5) is 0 Å². The fourth-order valence-electron chi connectivity index (χ4n) is 7.08. The van der Waals surface area contributed by atoms with Gasteiger partial charge in [0.25, 0.3) is 16.7 Å². The first kappa shape index (κ1) is 38.0. The molecule has 6 aromatic heterocycles. The molecule has 0 spiro atoms. The van der Waals surface area contributed by atoms with Gasteiger partial charge in [0.05, 0.1) is 58.6 Å². The van der Waals surface area contributed by atoms with Crippen molar-refractivity contribution in [3.05, 3.63) is 164 Å². The summed E-state index contributed by atoms with van der Waals surface area (Å²) in [6.07, 6.45) is 3.85. The number of methoxy groups -OCH3 is 1. The maximum atomic E-state index is 14.1. The summed E-state index contributed by atoms with van der Waals surface area (Å²) in [5.41, 5.74) is 5.41. The molecule has 9 aromatic rings. The van der Waals surface area contributed by atoms with Crippen LogP contribution in [0.2, 0.25) is 0 Å². The summed E-state index contributed by atoms with van der Waals surface area (Å²) in [5.74, 6) is 0.456. The van der Waals surface area contributed by atoms with Crippen molar-refractivity contribution in [1.82, 2.24) is 43.6 Å². The van der Waals surface area contributed by atoms with Crippen molar-refractivity contribution in [1.29, 1.82) is 0 Å². The van der Waals surface area contributed by atoms with Crippen molar-refractivity contribution in [2.24, 2.45) is 0 Å². The molecule has 9 rings (SSSR count). The molecular formula is C42H31N9O4S4. The summed E-state index contributed by atoms with van der Waals surface area (Å²) in [4.78, 5) is 64.0. The lowest BCUT2D eigenvalue weighted by Crippen LogP contribution is -2.23. The standard InChI is InChI=1S/C42H31N9O4S4/c1-55-35-19-25(23-9-11-28-33(18-23)48-42(58)51(38(28)53)22-36-43-14-16-59-36)20-44-34(35)21-50-39(54)29-17-24(10-12-32(29)47-41(50)57)30-8-4-5-26(45-30)13-15-49-37(52)27-6-2-3-7-31(27)46-40(49)56/h2-12,14,16-20H,13,15,21-22H2,1H3,(H,46,56)(H,47,57)(H,48,58). The number of ether oxygens (including phenoxy) is 1. The van der Waals surface area contributed by atoms with Crippen molar-refractivity contribution < 1.29 is 4.74 Å². The molecule has 0 bridgehead atoms. The van der Waals surface area contributed by atoms with Crippen molar-refractivity contribution in [2.45, 2.75) is 26.1 Å². The van der Waals surface area contributed by atoms with Crippen LogP contribution in [-0.4, -0.2) is 50.7 Å². The quantitative estimate of drug-likeness (QED) is 0.116. The number of para-hydroxylation sites is 1. The van der Waals surface area contributed by atoms with E-state index in [1.54, 1.807) is 42.3 Å². The highest BCUT2D eigenvalue weighted by molar-refractivity contribution is 7.71. The summed E-state index contributed by atoms with van der Waals surface area (Å²) >= 11 is 18.2. The molecule has 0 aliphatic rings. The number of nitrogens with zero attached hydrogens (tertiary/aromatic N) is 6. The van der Waals surface area contributed by atoms with Crippen LogP contribution in [0.1, 0.15) is 16.4 Å². The molecule has 0 unspecified atom stereocenters. The Morgan fingerprint density at radius 3 is 2.15 bits per heavy atom. The minimum absolute atomic E-state index is 0.0470. The van der Waals surface area contributed by atoms with Gasteiger partial charge >= 0.3 is 0 Å². The Balaban J connectivity index is 0.983. The minimum atomic E-state index is -0.301. The normalized spacial score (nSPS) is 11.5. The predicted octanol–water partition coefficient (Wildman–Crippen LogP) is 7.73. The zero-order chi connectivity index (χ0) is 40.8. The first-order valence-corrected chi connectivity index (χ1v) is 20.4. The first-order valence-electron chi connectivity index (χ1n) is 18.3. The average Bonchev–Trinajstić information content (AvgIpc) is 3.77. The van der Waals surface area contributed by atoms with E-state index in [9.17, 15) is 14.4 Å². The van der Waals surface area contributed by atoms with Gasteiger partial charge in [-0.2, -0.15) is 0 Å². The second kappa shape index (κ2) is 15.7. The molecule has 3 N–H and O–H groups in total. The Hall–Kier alpha value is -6.53. The highest BCUT2D eigenvalue weighted by atomic mass is 32.1. The Kier molecular flexibility index (Phi) is 10.1. The Morgan fingerprint density at radius 1 is 0.661 bits per heavy atom. The first-order chi connectivity index (χ1) is 28.6. The Bertz CT molecular complexity index is 3490. The largest absolute Gasteiger partial charge is 0.495 e. The molecule has 0 aliphatic carbocycles. The number of aryl methyl sites for hydroxylation is 1. The molecule has 0 fully saturated rings. The van der Waals surface area contributed by atoms with E-state index in [0.717, 1.165) is 27.4 Å². The minimum Gasteiger partial charge on any atom is -0.495 e. The van der Waals surface area contributed by atoms with Gasteiger partial charge in [-0.3, -0.25) is 38.1 Å². The number of aromatic amines is 3. The molecule has 0 aliphatic heterocycles. The van der Waals surface area contributed by atoms with E-state index in [-0.39, 0.29) is 34.5 Å². The summed E-state index contributed by atoms with van der Waals surface area (Å²) in [5, 5.41) is 4.13. The van der Waals surface area contributed by atoms with Gasteiger partial charge in [0.15, 0.2) is 14.3 Å². The van der Waals surface area contributed by atoms with Crippen LogP contribution >= 0.6 is 48.0 Å². The summed E-state index contributed by atoms with van der Waals surface area (Å²) in [7, 11) is 1.54. The molecule has 17 heteroatoms. The lowest BCUT2D eigenvalue weighted by molar-refractivity contribution is 0.405. The maximum absolute atomic E-state index is 14.1.